The number of ether oxygens (including phenoxy) is 4. The molecule has 9 N–H and O–H groups in total. The molecule has 21 atom stereocenters. The van der Waals surface area contributed by atoms with E-state index >= 15 is 0 Å². The van der Waals surface area contributed by atoms with Gasteiger partial charge in [0.25, 0.3) is 0 Å². The van der Waals surface area contributed by atoms with E-state index in [1.54, 1.807) is 0 Å². The molecule has 2 heterocycles. The summed E-state index contributed by atoms with van der Waals surface area (Å²) in [5, 5.41) is 96.3. The molecule has 13 heteroatoms. The zero-order valence-electron chi connectivity index (χ0n) is 33.0. The third kappa shape index (κ3) is 6.04. The standard InChI is InChI=1S/C41H68O13/c1-20(2)7-8-22(43)21(3)29-23(44)15-39(6)27-10-9-26-37(4,19-52-36-34(50)32(48)31(47)25(16-42)53-36)28(54-35-33(49)30(46)24(45)17-51-35)11-12-40(26)18-41(27,40)14-13-38(29,39)5/h7,21-36,42-50H,8-19H2,1-6H3/t21?,22-,23-,24-,25+,26-,27?,28-,29-,30-,31+,32-,33+,34+,35-,36+,37-,38+,39-,40+,41-/m0/s1. The van der Waals surface area contributed by atoms with E-state index in [0.29, 0.717) is 25.2 Å². The van der Waals surface area contributed by atoms with Crippen molar-refractivity contribution >= 4 is 0 Å². The molecule has 0 amide bonds. The Kier molecular flexibility index (Phi) is 11.1. The van der Waals surface area contributed by atoms with Crippen LogP contribution in [0.1, 0.15) is 99.3 Å². The van der Waals surface area contributed by atoms with Gasteiger partial charge in [-0.3, -0.25) is 0 Å². The second kappa shape index (κ2) is 14.5. The van der Waals surface area contributed by atoms with E-state index in [2.05, 4.69) is 33.8 Å². The van der Waals surface area contributed by atoms with Gasteiger partial charge in [-0.15, -0.1) is 0 Å². The average molecular weight is 769 g/mol. The van der Waals surface area contributed by atoms with Crippen molar-refractivity contribution in [3.8, 4) is 0 Å². The molecule has 2 aliphatic heterocycles. The van der Waals surface area contributed by atoms with Crippen molar-refractivity contribution in [2.45, 2.75) is 173 Å². The Morgan fingerprint density at radius 2 is 1.46 bits per heavy atom. The van der Waals surface area contributed by atoms with Gasteiger partial charge in [0.2, 0.25) is 0 Å². The quantitative estimate of drug-likeness (QED) is 0.114. The lowest BCUT2D eigenvalue weighted by atomic mass is 9.41. The maximum absolute atomic E-state index is 11.9. The van der Waals surface area contributed by atoms with Gasteiger partial charge in [0, 0.05) is 5.41 Å². The van der Waals surface area contributed by atoms with Crippen LogP contribution in [0.2, 0.25) is 0 Å². The number of fused-ring (bicyclic) bond motifs is 2. The maximum Gasteiger partial charge on any atom is 0.186 e. The Hall–Kier alpha value is -0.780. The number of aliphatic hydroxyl groups excluding tert-OH is 9. The zero-order valence-corrected chi connectivity index (χ0v) is 33.0. The highest BCUT2D eigenvalue weighted by Gasteiger charge is 2.83. The number of hydrogen-bond donors (Lipinski definition) is 9. The highest BCUT2D eigenvalue weighted by atomic mass is 16.7. The lowest BCUT2D eigenvalue weighted by Crippen LogP contribution is -2.62. The molecule has 54 heavy (non-hydrogen) atoms. The maximum atomic E-state index is 11.9. The van der Waals surface area contributed by atoms with Crippen molar-refractivity contribution < 1.29 is 64.9 Å². The molecule has 7 fully saturated rings. The highest BCUT2D eigenvalue weighted by molar-refractivity contribution is 5.31. The first-order chi connectivity index (χ1) is 25.3. The zero-order chi connectivity index (χ0) is 39.3. The molecule has 0 aromatic carbocycles. The van der Waals surface area contributed by atoms with Gasteiger partial charge in [-0.1, -0.05) is 39.3 Å². The van der Waals surface area contributed by atoms with Crippen LogP contribution in [0, 0.1) is 50.7 Å². The van der Waals surface area contributed by atoms with Gasteiger partial charge < -0.3 is 64.9 Å². The third-order valence-electron chi connectivity index (χ3n) is 17.0. The smallest absolute Gasteiger partial charge is 0.186 e. The lowest BCUT2D eigenvalue weighted by Gasteiger charge is -2.64. The summed E-state index contributed by atoms with van der Waals surface area (Å²) in [5.41, 5.74) is 0.149. The minimum absolute atomic E-state index is 0.0232. The van der Waals surface area contributed by atoms with Crippen LogP contribution in [0.3, 0.4) is 0 Å². The predicted octanol–water partition coefficient (Wildman–Crippen LogP) is 1.37. The molecule has 13 nitrogen and oxygen atoms in total. The van der Waals surface area contributed by atoms with E-state index in [1.165, 1.54) is 5.57 Å². The Labute approximate surface area is 319 Å². The first kappa shape index (κ1) is 41.4. The minimum Gasteiger partial charge on any atom is -0.394 e. The summed E-state index contributed by atoms with van der Waals surface area (Å²) >= 11 is 0. The number of hydrogen-bond acceptors (Lipinski definition) is 13. The SMILES string of the molecule is CC(C)=CC[C@H](O)C(C)[C@H]1[C@@H](O)C[C@@]2(C)C3CC[C@H]4[C@](C)(CO[C@@H]5O[C@H](CO)[C@@H](O)[C@H](O)[C@H]5O)[C@@H](O[C@@H]5OC[C@H](O)[C@H](O)[C@H]5O)CC[C@@]45C[C@@]35CC[C@]12C. The van der Waals surface area contributed by atoms with Crippen LogP contribution in [-0.4, -0.2) is 139 Å². The first-order valence-electron chi connectivity index (χ1n) is 20.5. The molecule has 5 saturated carbocycles. The summed E-state index contributed by atoms with van der Waals surface area (Å²) in [6.07, 6.45) is -4.35. The van der Waals surface area contributed by atoms with Gasteiger partial charge in [-0.25, -0.2) is 0 Å². The third-order valence-corrected chi connectivity index (χ3v) is 17.0. The minimum atomic E-state index is -1.58. The van der Waals surface area contributed by atoms with Crippen LogP contribution in [0.5, 0.6) is 0 Å². The van der Waals surface area contributed by atoms with Gasteiger partial charge in [-0.05, 0) is 117 Å². The largest absolute Gasteiger partial charge is 0.394 e. The van der Waals surface area contributed by atoms with E-state index in [9.17, 15) is 46.0 Å². The summed E-state index contributed by atoms with van der Waals surface area (Å²) < 4.78 is 24.4. The van der Waals surface area contributed by atoms with Crippen molar-refractivity contribution in [1.82, 2.24) is 0 Å². The molecule has 5 aliphatic carbocycles. The van der Waals surface area contributed by atoms with Crippen molar-refractivity contribution in [1.29, 1.82) is 0 Å². The summed E-state index contributed by atoms with van der Waals surface area (Å²) in [5.74, 6) is 0.370. The molecule has 0 bridgehead atoms. The first-order valence-corrected chi connectivity index (χ1v) is 20.5. The second-order valence-corrected chi connectivity index (χ2v) is 19.7. The Morgan fingerprint density at radius 1 is 0.796 bits per heavy atom. The van der Waals surface area contributed by atoms with E-state index < -0.39 is 85.6 Å². The molecule has 2 spiro atoms. The van der Waals surface area contributed by atoms with Crippen LogP contribution in [0.15, 0.2) is 11.6 Å². The fourth-order valence-electron chi connectivity index (χ4n) is 14.0. The van der Waals surface area contributed by atoms with E-state index in [4.69, 9.17) is 18.9 Å². The van der Waals surface area contributed by atoms with Gasteiger partial charge in [0.1, 0.15) is 42.7 Å². The van der Waals surface area contributed by atoms with E-state index in [0.717, 1.165) is 38.5 Å². The van der Waals surface area contributed by atoms with Crippen molar-refractivity contribution in [2.24, 2.45) is 50.7 Å². The molecule has 0 aromatic rings. The molecular weight excluding hydrogens is 700 g/mol. The van der Waals surface area contributed by atoms with Gasteiger partial charge >= 0.3 is 0 Å². The van der Waals surface area contributed by atoms with E-state index in [-0.39, 0.29) is 52.6 Å². The Balaban J connectivity index is 1.17. The fraction of sp³-hybridized carbons (Fsp3) is 0.951. The molecule has 2 saturated heterocycles. The van der Waals surface area contributed by atoms with Gasteiger partial charge in [0.05, 0.1) is 38.1 Å². The number of aliphatic hydroxyl groups is 9. The number of rotatable bonds is 10. The van der Waals surface area contributed by atoms with Crippen molar-refractivity contribution in [2.75, 3.05) is 19.8 Å². The van der Waals surface area contributed by atoms with Crippen molar-refractivity contribution in [3.63, 3.8) is 0 Å². The summed E-state index contributed by atoms with van der Waals surface area (Å²) in [6, 6.07) is 0. The molecule has 7 aliphatic rings. The summed E-state index contributed by atoms with van der Waals surface area (Å²) in [4.78, 5) is 0. The van der Waals surface area contributed by atoms with Crippen LogP contribution in [-0.2, 0) is 18.9 Å². The molecule has 310 valence electrons. The van der Waals surface area contributed by atoms with Crippen LogP contribution < -0.4 is 0 Å². The second-order valence-electron chi connectivity index (χ2n) is 19.7. The summed E-state index contributed by atoms with van der Waals surface area (Å²) in [7, 11) is 0. The van der Waals surface area contributed by atoms with E-state index in [1.807, 2.05) is 13.8 Å². The van der Waals surface area contributed by atoms with Crippen molar-refractivity contribution in [3.05, 3.63) is 11.6 Å². The topological polar surface area (TPSA) is 219 Å². The Bertz CT molecular complexity index is 1390. The monoisotopic (exact) mass is 768 g/mol. The lowest BCUT2D eigenvalue weighted by molar-refractivity contribution is -0.328. The molecule has 7 rings (SSSR count). The predicted molar refractivity (Wildman–Crippen MR) is 194 cm³/mol. The van der Waals surface area contributed by atoms with Crippen LogP contribution >= 0.6 is 0 Å². The van der Waals surface area contributed by atoms with Crippen LogP contribution in [0.25, 0.3) is 0 Å². The normalized spacial score (nSPS) is 55.1. The molecule has 2 unspecified atom stereocenters. The molecular formula is C41H68O13. The van der Waals surface area contributed by atoms with Gasteiger partial charge in [0.15, 0.2) is 12.6 Å². The van der Waals surface area contributed by atoms with Crippen LogP contribution in [0.4, 0.5) is 0 Å². The summed E-state index contributed by atoms with van der Waals surface area (Å²) in [6.45, 7) is 12.3. The molecule has 0 aromatic heterocycles. The highest BCUT2D eigenvalue weighted by Crippen LogP contribution is 2.89. The van der Waals surface area contributed by atoms with Gasteiger partial charge in [-0.2, -0.15) is 0 Å². The number of allylic oxidation sites excluding steroid dienone is 1. The Morgan fingerprint density at radius 3 is 2.15 bits per heavy atom. The molecule has 0 radical (unpaired) electrons. The fourth-order valence-corrected chi connectivity index (χ4v) is 14.0. The average Bonchev–Trinajstić information content (AvgIpc) is 3.74.